The van der Waals surface area contributed by atoms with Crippen LogP contribution in [0.15, 0.2) is 12.1 Å². The molecule has 0 saturated carbocycles. The molecule has 3 atom stereocenters. The summed E-state index contributed by atoms with van der Waals surface area (Å²) in [6, 6.07) is 6.45. The van der Waals surface area contributed by atoms with E-state index in [0.717, 1.165) is 6.42 Å². The van der Waals surface area contributed by atoms with Crippen LogP contribution < -0.4 is 5.32 Å². The van der Waals surface area contributed by atoms with Crippen LogP contribution in [0.3, 0.4) is 0 Å². The molecule has 0 aliphatic carbocycles. The monoisotopic (exact) mass is 266 g/mol. The van der Waals surface area contributed by atoms with Crippen molar-refractivity contribution in [2.75, 3.05) is 13.6 Å². The van der Waals surface area contributed by atoms with Crippen LogP contribution in [0, 0.1) is 0 Å². The fourth-order valence-electron chi connectivity index (χ4n) is 2.69. The minimum absolute atomic E-state index is 0.496. The lowest BCUT2D eigenvalue weighted by Gasteiger charge is -2.36. The molecule has 1 fully saturated rings. The van der Waals surface area contributed by atoms with Gasteiger partial charge < -0.3 is 10.2 Å². The molecule has 0 aromatic carbocycles. The molecule has 1 saturated heterocycles. The topological polar surface area (TPSA) is 15.3 Å². The first-order valence-electron chi connectivity index (χ1n) is 7.15. The first-order valence-corrected chi connectivity index (χ1v) is 7.96. The van der Waals surface area contributed by atoms with E-state index in [0.29, 0.717) is 18.1 Å². The molecule has 1 aliphatic heterocycles. The first-order chi connectivity index (χ1) is 8.60. The lowest BCUT2D eigenvalue weighted by molar-refractivity contribution is 0.164. The zero-order valence-electron chi connectivity index (χ0n) is 12.1. The summed E-state index contributed by atoms with van der Waals surface area (Å²) in [4.78, 5) is 5.44. The molecular formula is C15H26N2S. The largest absolute Gasteiger partial charge is 0.307 e. The molecule has 2 rings (SSSR count). The third-order valence-electron chi connectivity index (χ3n) is 4.15. The number of nitrogens with zero attached hydrogens (tertiary/aromatic N) is 1. The normalized spacial score (nSPS) is 27.3. The van der Waals surface area contributed by atoms with Gasteiger partial charge >= 0.3 is 0 Å². The van der Waals surface area contributed by atoms with Crippen molar-refractivity contribution in [2.24, 2.45) is 0 Å². The molecule has 0 radical (unpaired) electrons. The second kappa shape index (κ2) is 6.18. The Morgan fingerprint density at radius 1 is 1.50 bits per heavy atom. The van der Waals surface area contributed by atoms with Gasteiger partial charge in [-0.1, -0.05) is 6.92 Å². The number of hydrogen-bond donors (Lipinski definition) is 1. The molecule has 0 bridgehead atoms. The maximum absolute atomic E-state index is 3.81. The molecule has 2 nitrogen and oxygen atoms in total. The molecule has 0 amide bonds. The van der Waals surface area contributed by atoms with Gasteiger partial charge in [0.15, 0.2) is 0 Å². The summed E-state index contributed by atoms with van der Waals surface area (Å²) in [6.45, 7) is 8.08. The Morgan fingerprint density at radius 3 is 2.89 bits per heavy atom. The number of aryl methyl sites for hydroxylation is 1. The number of piperidine rings is 1. The molecule has 18 heavy (non-hydrogen) atoms. The molecule has 0 spiro atoms. The van der Waals surface area contributed by atoms with Crippen LogP contribution in [0.4, 0.5) is 0 Å². The van der Waals surface area contributed by atoms with E-state index in [2.05, 4.69) is 50.2 Å². The van der Waals surface area contributed by atoms with E-state index in [1.54, 1.807) is 0 Å². The van der Waals surface area contributed by atoms with E-state index in [-0.39, 0.29) is 0 Å². The number of rotatable bonds is 4. The highest BCUT2D eigenvalue weighted by Crippen LogP contribution is 2.25. The lowest BCUT2D eigenvalue weighted by Crippen LogP contribution is -2.46. The van der Waals surface area contributed by atoms with E-state index >= 15 is 0 Å². The van der Waals surface area contributed by atoms with Crippen molar-refractivity contribution in [3.63, 3.8) is 0 Å². The molecule has 1 N–H and O–H groups in total. The molecule has 1 aromatic rings. The van der Waals surface area contributed by atoms with E-state index in [1.807, 2.05) is 11.3 Å². The lowest BCUT2D eigenvalue weighted by atomic mass is 9.98. The summed E-state index contributed by atoms with van der Waals surface area (Å²) in [7, 11) is 2.23. The summed E-state index contributed by atoms with van der Waals surface area (Å²) in [5.41, 5.74) is 0. The zero-order valence-corrected chi connectivity index (χ0v) is 12.9. The standard InChI is InChI=1S/C15H26N2S/c1-5-14-6-7-15(18-14)12(3)16-13-8-9-17(4)11(2)10-13/h6-7,11-13,16H,5,8-10H2,1-4H3. The summed E-state index contributed by atoms with van der Waals surface area (Å²) >= 11 is 1.96. The Kier molecular flexibility index (Phi) is 4.82. The zero-order chi connectivity index (χ0) is 13.1. The molecule has 3 heteroatoms. The van der Waals surface area contributed by atoms with Crippen molar-refractivity contribution >= 4 is 11.3 Å². The number of thiophene rings is 1. The van der Waals surface area contributed by atoms with Crippen molar-refractivity contribution in [2.45, 2.75) is 58.2 Å². The maximum Gasteiger partial charge on any atom is 0.0388 e. The Balaban J connectivity index is 1.89. The maximum atomic E-state index is 3.81. The minimum Gasteiger partial charge on any atom is -0.307 e. The Hall–Kier alpha value is -0.380. The number of hydrogen-bond acceptors (Lipinski definition) is 3. The van der Waals surface area contributed by atoms with Gasteiger partial charge in [0, 0.05) is 27.9 Å². The SMILES string of the molecule is CCc1ccc(C(C)NC2CCN(C)C(C)C2)s1. The second-order valence-electron chi connectivity index (χ2n) is 5.60. The van der Waals surface area contributed by atoms with Crippen LogP contribution in [0.1, 0.15) is 49.4 Å². The summed E-state index contributed by atoms with van der Waals surface area (Å²) in [6.07, 6.45) is 3.70. The van der Waals surface area contributed by atoms with Crippen LogP contribution in [0.2, 0.25) is 0 Å². The summed E-state index contributed by atoms with van der Waals surface area (Å²) in [5, 5.41) is 3.81. The number of nitrogens with one attached hydrogen (secondary N) is 1. The smallest absolute Gasteiger partial charge is 0.0388 e. The van der Waals surface area contributed by atoms with Crippen LogP contribution in [-0.4, -0.2) is 30.6 Å². The van der Waals surface area contributed by atoms with Gasteiger partial charge in [-0.05, 0) is 58.8 Å². The van der Waals surface area contributed by atoms with Gasteiger partial charge in [0.1, 0.15) is 0 Å². The fraction of sp³-hybridized carbons (Fsp3) is 0.733. The minimum atomic E-state index is 0.496. The van der Waals surface area contributed by atoms with Crippen molar-refractivity contribution in [1.82, 2.24) is 10.2 Å². The van der Waals surface area contributed by atoms with E-state index in [1.165, 1.54) is 29.1 Å². The van der Waals surface area contributed by atoms with Crippen molar-refractivity contribution in [1.29, 1.82) is 0 Å². The van der Waals surface area contributed by atoms with Gasteiger partial charge in [0.25, 0.3) is 0 Å². The highest BCUT2D eigenvalue weighted by Gasteiger charge is 2.24. The molecule has 3 unspecified atom stereocenters. The Bertz CT molecular complexity index is 374. The number of likely N-dealkylation sites (tertiary alicyclic amines) is 1. The fourth-order valence-corrected chi connectivity index (χ4v) is 3.66. The van der Waals surface area contributed by atoms with Gasteiger partial charge in [0.05, 0.1) is 0 Å². The Labute approximate surface area is 115 Å². The second-order valence-corrected chi connectivity index (χ2v) is 6.80. The average Bonchev–Trinajstić information content (AvgIpc) is 2.82. The van der Waals surface area contributed by atoms with Gasteiger partial charge in [-0.2, -0.15) is 0 Å². The molecular weight excluding hydrogens is 240 g/mol. The third kappa shape index (κ3) is 3.34. The molecule has 2 heterocycles. The van der Waals surface area contributed by atoms with Crippen LogP contribution in [0.25, 0.3) is 0 Å². The van der Waals surface area contributed by atoms with Crippen molar-refractivity contribution in [3.05, 3.63) is 21.9 Å². The first kappa shape index (κ1) is 14.0. The van der Waals surface area contributed by atoms with Crippen molar-refractivity contribution < 1.29 is 0 Å². The van der Waals surface area contributed by atoms with Crippen LogP contribution in [-0.2, 0) is 6.42 Å². The van der Waals surface area contributed by atoms with Crippen molar-refractivity contribution in [3.8, 4) is 0 Å². The average molecular weight is 266 g/mol. The molecule has 102 valence electrons. The van der Waals surface area contributed by atoms with Gasteiger partial charge in [-0.25, -0.2) is 0 Å². The highest BCUT2D eigenvalue weighted by atomic mass is 32.1. The van der Waals surface area contributed by atoms with E-state index in [4.69, 9.17) is 0 Å². The highest BCUT2D eigenvalue weighted by molar-refractivity contribution is 7.12. The molecule has 1 aliphatic rings. The Morgan fingerprint density at radius 2 is 2.28 bits per heavy atom. The molecule has 1 aromatic heterocycles. The predicted molar refractivity (Wildman–Crippen MR) is 80.4 cm³/mol. The quantitative estimate of drug-likeness (QED) is 0.898. The van der Waals surface area contributed by atoms with Gasteiger partial charge in [0.2, 0.25) is 0 Å². The summed E-state index contributed by atoms with van der Waals surface area (Å²) in [5.74, 6) is 0. The third-order valence-corrected chi connectivity index (χ3v) is 5.56. The van der Waals surface area contributed by atoms with E-state index < -0.39 is 0 Å². The van der Waals surface area contributed by atoms with Gasteiger partial charge in [-0.15, -0.1) is 11.3 Å². The van der Waals surface area contributed by atoms with Gasteiger partial charge in [-0.3, -0.25) is 0 Å². The summed E-state index contributed by atoms with van der Waals surface area (Å²) < 4.78 is 0. The van der Waals surface area contributed by atoms with Crippen LogP contribution in [0.5, 0.6) is 0 Å². The van der Waals surface area contributed by atoms with Crippen LogP contribution >= 0.6 is 11.3 Å². The predicted octanol–water partition coefficient (Wildman–Crippen LogP) is 3.44. The van der Waals surface area contributed by atoms with E-state index in [9.17, 15) is 0 Å².